The van der Waals surface area contributed by atoms with Crippen LogP contribution in [0, 0.1) is 11.6 Å². The predicted octanol–water partition coefficient (Wildman–Crippen LogP) is 5.22. The molecule has 1 saturated heterocycles. The SMILES string of the molecule is CCOc1cc(OC[C@H]2CCCCN2C(=O)O)c2c(Nc3cnn(CC(=O)Nc4cccc(F)c4F)c3)ncnc2c1.Cl. The molecule has 1 aliphatic heterocycles. The normalized spacial score (nSPS) is 14.6. The molecule has 0 radical (unpaired) electrons. The molecule has 228 valence electrons. The summed E-state index contributed by atoms with van der Waals surface area (Å²) in [5.41, 5.74) is 0.761. The zero-order valence-electron chi connectivity index (χ0n) is 23.1. The van der Waals surface area contributed by atoms with Crippen molar-refractivity contribution in [3.63, 3.8) is 0 Å². The number of piperidine rings is 1. The molecular formula is C28H30ClF2N7O5. The Hall–Kier alpha value is -4.72. The van der Waals surface area contributed by atoms with Gasteiger partial charge in [0.25, 0.3) is 0 Å². The molecule has 1 atom stereocenters. The van der Waals surface area contributed by atoms with Crippen LogP contribution in [-0.4, -0.2) is 67.6 Å². The van der Waals surface area contributed by atoms with E-state index in [1.807, 2.05) is 6.92 Å². The monoisotopic (exact) mass is 617 g/mol. The summed E-state index contributed by atoms with van der Waals surface area (Å²) in [4.78, 5) is 34.3. The van der Waals surface area contributed by atoms with Gasteiger partial charge in [-0.25, -0.2) is 23.5 Å². The van der Waals surface area contributed by atoms with Gasteiger partial charge in [-0.3, -0.25) is 9.48 Å². The van der Waals surface area contributed by atoms with E-state index >= 15 is 0 Å². The van der Waals surface area contributed by atoms with Crippen molar-refractivity contribution in [1.29, 1.82) is 0 Å². The number of carbonyl (C=O) groups excluding carboxylic acids is 1. The van der Waals surface area contributed by atoms with Gasteiger partial charge in [0.1, 0.15) is 36.8 Å². The molecule has 4 aromatic rings. The molecule has 0 unspecified atom stereocenters. The van der Waals surface area contributed by atoms with E-state index < -0.39 is 23.6 Å². The molecule has 0 spiro atoms. The Labute approximate surface area is 251 Å². The second kappa shape index (κ2) is 14.0. The van der Waals surface area contributed by atoms with E-state index in [0.29, 0.717) is 53.5 Å². The fraction of sp³-hybridized carbons (Fsp3) is 0.321. The number of rotatable bonds is 10. The van der Waals surface area contributed by atoms with E-state index in [9.17, 15) is 23.5 Å². The Bertz CT molecular complexity index is 1610. The van der Waals surface area contributed by atoms with Crippen molar-refractivity contribution in [2.75, 3.05) is 30.4 Å². The molecule has 0 bridgehead atoms. The van der Waals surface area contributed by atoms with E-state index in [2.05, 4.69) is 25.7 Å². The molecule has 2 amide bonds. The third kappa shape index (κ3) is 7.38. The number of nitrogens with zero attached hydrogens (tertiary/aromatic N) is 5. The summed E-state index contributed by atoms with van der Waals surface area (Å²) in [6.07, 6.45) is 5.84. The van der Waals surface area contributed by atoms with Gasteiger partial charge >= 0.3 is 6.09 Å². The minimum absolute atomic E-state index is 0. The largest absolute Gasteiger partial charge is 0.494 e. The van der Waals surface area contributed by atoms with Gasteiger partial charge < -0.3 is 30.1 Å². The number of nitrogens with one attached hydrogen (secondary N) is 2. The van der Waals surface area contributed by atoms with Crippen LogP contribution in [0.15, 0.2) is 49.1 Å². The number of aromatic nitrogens is 4. The standard InChI is InChI=1S/C28H29F2N7O5.ClH/c1-2-41-19-10-22-25(23(11-19)42-15-18-6-3-4-9-37(18)28(39)40)27(32-16-31-22)34-17-12-33-36(13-17)14-24(38)35-21-8-5-7-20(29)26(21)30;/h5,7-8,10-13,16,18H,2-4,6,9,14-15H2,1H3,(H,35,38)(H,39,40)(H,31,32,34);1H/t18-;/m1./s1. The minimum Gasteiger partial charge on any atom is -0.494 e. The second-order valence-electron chi connectivity index (χ2n) is 9.61. The van der Waals surface area contributed by atoms with Crippen LogP contribution in [0.1, 0.15) is 26.2 Å². The molecule has 12 nitrogen and oxygen atoms in total. The number of hydrogen-bond donors (Lipinski definition) is 3. The number of fused-ring (bicyclic) bond motifs is 1. The Balaban J connectivity index is 0.00000423. The molecule has 2 aromatic carbocycles. The van der Waals surface area contributed by atoms with Gasteiger partial charge in [-0.2, -0.15) is 5.10 Å². The summed E-state index contributed by atoms with van der Waals surface area (Å²) in [5.74, 6) is -1.46. The lowest BCUT2D eigenvalue weighted by Gasteiger charge is -2.33. The quantitative estimate of drug-likeness (QED) is 0.218. The smallest absolute Gasteiger partial charge is 0.407 e. The maximum atomic E-state index is 13.9. The number of ether oxygens (including phenoxy) is 2. The summed E-state index contributed by atoms with van der Waals surface area (Å²) >= 11 is 0. The van der Waals surface area contributed by atoms with Crippen LogP contribution in [0.2, 0.25) is 0 Å². The first-order chi connectivity index (χ1) is 20.3. The zero-order valence-corrected chi connectivity index (χ0v) is 23.9. The third-order valence-electron chi connectivity index (χ3n) is 6.72. The summed E-state index contributed by atoms with van der Waals surface area (Å²) in [7, 11) is 0. The van der Waals surface area contributed by atoms with Crippen LogP contribution in [0.5, 0.6) is 11.5 Å². The van der Waals surface area contributed by atoms with Crippen molar-refractivity contribution in [1.82, 2.24) is 24.6 Å². The van der Waals surface area contributed by atoms with Gasteiger partial charge in [0.15, 0.2) is 11.6 Å². The number of halogens is 3. The highest BCUT2D eigenvalue weighted by Gasteiger charge is 2.27. The van der Waals surface area contributed by atoms with Crippen molar-refractivity contribution in [3.8, 4) is 11.5 Å². The van der Waals surface area contributed by atoms with Crippen LogP contribution < -0.4 is 20.1 Å². The number of likely N-dealkylation sites (tertiary alicyclic amines) is 1. The number of anilines is 3. The maximum Gasteiger partial charge on any atom is 0.407 e. The number of amides is 2. The minimum atomic E-state index is -1.14. The summed E-state index contributed by atoms with van der Waals surface area (Å²) < 4.78 is 40.6. The van der Waals surface area contributed by atoms with E-state index in [4.69, 9.17) is 9.47 Å². The Morgan fingerprint density at radius 1 is 1.16 bits per heavy atom. The Morgan fingerprint density at radius 2 is 2.00 bits per heavy atom. The molecule has 1 aliphatic rings. The van der Waals surface area contributed by atoms with Gasteiger partial charge in [-0.1, -0.05) is 6.07 Å². The molecule has 0 aliphatic carbocycles. The van der Waals surface area contributed by atoms with Crippen LogP contribution in [0.25, 0.3) is 10.9 Å². The topological polar surface area (TPSA) is 144 Å². The van der Waals surface area contributed by atoms with E-state index in [-0.39, 0.29) is 37.3 Å². The van der Waals surface area contributed by atoms with Crippen LogP contribution in [0.4, 0.5) is 30.8 Å². The highest BCUT2D eigenvalue weighted by Crippen LogP contribution is 2.36. The molecule has 5 rings (SSSR count). The molecule has 1 fully saturated rings. The third-order valence-corrected chi connectivity index (χ3v) is 6.72. The molecule has 2 aromatic heterocycles. The molecule has 3 heterocycles. The van der Waals surface area contributed by atoms with Gasteiger partial charge in [0.05, 0.1) is 41.1 Å². The number of carbonyl (C=O) groups is 2. The number of carboxylic acid groups (broad SMARTS) is 1. The van der Waals surface area contributed by atoms with Crippen LogP contribution >= 0.6 is 12.4 Å². The fourth-order valence-electron chi connectivity index (χ4n) is 4.79. The zero-order chi connectivity index (χ0) is 29.6. The summed E-state index contributed by atoms with van der Waals surface area (Å²) in [5, 5.41) is 19.8. The lowest BCUT2D eigenvalue weighted by Crippen LogP contribution is -2.46. The van der Waals surface area contributed by atoms with Gasteiger partial charge in [-0.15, -0.1) is 12.4 Å². The lowest BCUT2D eigenvalue weighted by atomic mass is 10.0. The molecule has 3 N–H and O–H groups in total. The van der Waals surface area contributed by atoms with Gasteiger partial charge in [0, 0.05) is 24.9 Å². The summed E-state index contributed by atoms with van der Waals surface area (Å²) in [6.45, 7) is 2.63. The summed E-state index contributed by atoms with van der Waals surface area (Å²) in [6, 6.07) is 6.69. The molecule has 0 saturated carbocycles. The highest BCUT2D eigenvalue weighted by molar-refractivity contribution is 5.97. The molecule has 43 heavy (non-hydrogen) atoms. The predicted molar refractivity (Wildman–Crippen MR) is 156 cm³/mol. The van der Waals surface area contributed by atoms with E-state index in [1.165, 1.54) is 34.2 Å². The van der Waals surface area contributed by atoms with E-state index in [0.717, 1.165) is 18.9 Å². The first-order valence-corrected chi connectivity index (χ1v) is 13.4. The fourth-order valence-corrected chi connectivity index (χ4v) is 4.79. The van der Waals surface area contributed by atoms with E-state index in [1.54, 1.807) is 18.3 Å². The highest BCUT2D eigenvalue weighted by atomic mass is 35.5. The van der Waals surface area contributed by atoms with Crippen molar-refractivity contribution < 1.29 is 33.0 Å². The van der Waals surface area contributed by atoms with Gasteiger partial charge in [-0.05, 0) is 38.3 Å². The average Bonchev–Trinajstić information content (AvgIpc) is 3.40. The van der Waals surface area contributed by atoms with Crippen molar-refractivity contribution in [2.24, 2.45) is 0 Å². The number of benzene rings is 2. The first-order valence-electron chi connectivity index (χ1n) is 13.4. The van der Waals surface area contributed by atoms with Crippen molar-refractivity contribution in [3.05, 3.63) is 60.7 Å². The van der Waals surface area contributed by atoms with Crippen LogP contribution in [-0.2, 0) is 11.3 Å². The average molecular weight is 618 g/mol. The Morgan fingerprint density at radius 3 is 2.79 bits per heavy atom. The van der Waals surface area contributed by atoms with Crippen molar-refractivity contribution >= 4 is 52.5 Å². The lowest BCUT2D eigenvalue weighted by molar-refractivity contribution is -0.116. The molecular weight excluding hydrogens is 588 g/mol. The maximum absolute atomic E-state index is 13.9. The molecule has 15 heteroatoms. The van der Waals surface area contributed by atoms with Gasteiger partial charge in [0.2, 0.25) is 5.91 Å². The Kier molecular flexibility index (Phi) is 10.1. The first kappa shape index (κ1) is 31.2. The van der Waals surface area contributed by atoms with Crippen LogP contribution in [0.3, 0.4) is 0 Å². The second-order valence-corrected chi connectivity index (χ2v) is 9.61. The number of hydrogen-bond acceptors (Lipinski definition) is 8. The van der Waals surface area contributed by atoms with Crippen molar-refractivity contribution in [2.45, 2.75) is 38.8 Å².